The minimum absolute atomic E-state index is 0.0633. The van der Waals surface area contributed by atoms with Gasteiger partial charge in [0, 0.05) is 9.37 Å². The molecule has 2 aromatic rings. The first-order valence-electron chi connectivity index (χ1n) is 4.84. The summed E-state index contributed by atoms with van der Waals surface area (Å²) in [5.74, 6) is 1.71. The molecule has 0 spiro atoms. The van der Waals surface area contributed by atoms with Crippen molar-refractivity contribution < 1.29 is 9.52 Å². The van der Waals surface area contributed by atoms with Gasteiger partial charge in [-0.1, -0.05) is 22.0 Å². The van der Waals surface area contributed by atoms with Gasteiger partial charge in [0.25, 0.3) is 0 Å². The molecule has 1 heterocycles. The van der Waals surface area contributed by atoms with Crippen molar-refractivity contribution in [2.24, 2.45) is 0 Å². The first kappa shape index (κ1) is 11.8. The van der Waals surface area contributed by atoms with E-state index in [4.69, 9.17) is 4.42 Å². The Bertz CT molecular complexity index is 454. The lowest BCUT2D eigenvalue weighted by Gasteiger charge is -2.06. The van der Waals surface area contributed by atoms with E-state index < -0.39 is 0 Å². The predicted octanol–water partition coefficient (Wildman–Crippen LogP) is 3.83. The molecule has 84 valence electrons. The maximum absolute atomic E-state index is 9.21. The third-order valence-corrected chi connectivity index (χ3v) is 3.76. The number of furan rings is 1. The molecule has 0 fully saturated rings. The van der Waals surface area contributed by atoms with E-state index in [0.717, 1.165) is 26.4 Å². The van der Waals surface area contributed by atoms with Crippen molar-refractivity contribution in [2.45, 2.75) is 17.3 Å². The topological polar surface area (TPSA) is 33.4 Å². The molecule has 0 aliphatic heterocycles. The average molecular weight is 299 g/mol. The summed E-state index contributed by atoms with van der Waals surface area (Å²) in [6.07, 6.45) is 1.67. The molecule has 0 radical (unpaired) electrons. The van der Waals surface area contributed by atoms with Crippen molar-refractivity contribution in [3.05, 3.63) is 52.4 Å². The Morgan fingerprint density at radius 1 is 1.31 bits per heavy atom. The molecule has 0 bridgehead atoms. The SMILES string of the molecule is OCc1ccc(Br)cc1SCc1ccco1. The van der Waals surface area contributed by atoms with Crippen molar-refractivity contribution in [1.29, 1.82) is 0 Å². The van der Waals surface area contributed by atoms with Crippen LogP contribution in [-0.2, 0) is 12.4 Å². The highest BCUT2D eigenvalue weighted by atomic mass is 79.9. The molecule has 0 aliphatic rings. The maximum atomic E-state index is 9.21. The fourth-order valence-electron chi connectivity index (χ4n) is 1.34. The molecule has 0 unspecified atom stereocenters. The minimum Gasteiger partial charge on any atom is -0.468 e. The standard InChI is InChI=1S/C12H11BrO2S/c13-10-4-3-9(7-14)12(6-10)16-8-11-2-1-5-15-11/h1-6,14H,7-8H2. The lowest BCUT2D eigenvalue weighted by Crippen LogP contribution is -1.88. The van der Waals surface area contributed by atoms with Crippen LogP contribution in [0.5, 0.6) is 0 Å². The molecular formula is C12H11BrO2S. The number of aliphatic hydroxyl groups is 1. The van der Waals surface area contributed by atoms with E-state index >= 15 is 0 Å². The largest absolute Gasteiger partial charge is 0.468 e. The van der Waals surface area contributed by atoms with Crippen LogP contribution in [0.2, 0.25) is 0 Å². The van der Waals surface area contributed by atoms with Gasteiger partial charge >= 0.3 is 0 Å². The van der Waals surface area contributed by atoms with Gasteiger partial charge in [-0.25, -0.2) is 0 Å². The summed E-state index contributed by atoms with van der Waals surface area (Å²) >= 11 is 5.09. The zero-order chi connectivity index (χ0) is 11.4. The van der Waals surface area contributed by atoms with Crippen molar-refractivity contribution >= 4 is 27.7 Å². The zero-order valence-electron chi connectivity index (χ0n) is 8.52. The molecule has 0 amide bonds. The highest BCUT2D eigenvalue weighted by molar-refractivity contribution is 9.10. The monoisotopic (exact) mass is 298 g/mol. The Morgan fingerprint density at radius 2 is 2.19 bits per heavy atom. The molecule has 16 heavy (non-hydrogen) atoms. The number of benzene rings is 1. The van der Waals surface area contributed by atoms with Gasteiger partial charge in [-0.05, 0) is 29.8 Å². The van der Waals surface area contributed by atoms with Crippen LogP contribution in [0.25, 0.3) is 0 Å². The van der Waals surface area contributed by atoms with E-state index in [0.29, 0.717) is 0 Å². The molecule has 0 saturated carbocycles. The van der Waals surface area contributed by atoms with Crippen LogP contribution in [0.4, 0.5) is 0 Å². The summed E-state index contributed by atoms with van der Waals surface area (Å²) in [6, 6.07) is 9.70. The third-order valence-electron chi connectivity index (χ3n) is 2.15. The van der Waals surface area contributed by atoms with E-state index in [1.807, 2.05) is 30.3 Å². The highest BCUT2D eigenvalue weighted by Gasteiger charge is 2.04. The summed E-state index contributed by atoms with van der Waals surface area (Å²) in [7, 11) is 0. The molecule has 2 rings (SSSR count). The van der Waals surface area contributed by atoms with Crippen LogP contribution < -0.4 is 0 Å². The van der Waals surface area contributed by atoms with E-state index in [2.05, 4.69) is 15.9 Å². The maximum Gasteiger partial charge on any atom is 0.113 e. The Hall–Kier alpha value is -0.710. The van der Waals surface area contributed by atoms with Crippen molar-refractivity contribution in [3.63, 3.8) is 0 Å². The van der Waals surface area contributed by atoms with Gasteiger partial charge in [-0.2, -0.15) is 0 Å². The molecule has 4 heteroatoms. The number of thioether (sulfide) groups is 1. The van der Waals surface area contributed by atoms with Crippen LogP contribution in [0.3, 0.4) is 0 Å². The fraction of sp³-hybridized carbons (Fsp3) is 0.167. The Labute approximate surface area is 107 Å². The summed E-state index contributed by atoms with van der Waals surface area (Å²) in [5.41, 5.74) is 0.944. The second kappa shape index (κ2) is 5.57. The number of aliphatic hydroxyl groups excluding tert-OH is 1. The second-order valence-electron chi connectivity index (χ2n) is 3.28. The summed E-state index contributed by atoms with van der Waals surface area (Å²) in [4.78, 5) is 1.08. The van der Waals surface area contributed by atoms with Crippen LogP contribution in [-0.4, -0.2) is 5.11 Å². The van der Waals surface area contributed by atoms with Crippen LogP contribution in [0.1, 0.15) is 11.3 Å². The van der Waals surface area contributed by atoms with Gasteiger partial charge in [0.2, 0.25) is 0 Å². The molecular weight excluding hydrogens is 288 g/mol. The quantitative estimate of drug-likeness (QED) is 0.871. The number of halogens is 1. The Morgan fingerprint density at radius 3 is 2.88 bits per heavy atom. The molecule has 1 N–H and O–H groups in total. The fourth-order valence-corrected chi connectivity index (χ4v) is 2.84. The summed E-state index contributed by atoms with van der Waals surface area (Å²) in [5, 5.41) is 9.21. The highest BCUT2D eigenvalue weighted by Crippen LogP contribution is 2.29. The first-order chi connectivity index (χ1) is 7.79. The van der Waals surface area contributed by atoms with Crippen molar-refractivity contribution in [3.8, 4) is 0 Å². The number of hydrogen-bond acceptors (Lipinski definition) is 3. The third kappa shape index (κ3) is 2.90. The molecule has 1 aromatic carbocycles. The lowest BCUT2D eigenvalue weighted by atomic mass is 10.2. The van der Waals surface area contributed by atoms with Gasteiger partial charge < -0.3 is 9.52 Å². The second-order valence-corrected chi connectivity index (χ2v) is 5.21. The predicted molar refractivity (Wildman–Crippen MR) is 68.3 cm³/mol. The van der Waals surface area contributed by atoms with Crippen LogP contribution >= 0.6 is 27.7 Å². The van der Waals surface area contributed by atoms with E-state index in [1.165, 1.54) is 0 Å². The van der Waals surface area contributed by atoms with Gasteiger partial charge in [0.1, 0.15) is 5.76 Å². The average Bonchev–Trinajstić information content (AvgIpc) is 2.79. The van der Waals surface area contributed by atoms with E-state index in [1.54, 1.807) is 18.0 Å². The summed E-state index contributed by atoms with van der Waals surface area (Å²) in [6.45, 7) is 0.0633. The van der Waals surface area contributed by atoms with Gasteiger partial charge in [0.15, 0.2) is 0 Å². The summed E-state index contributed by atoms with van der Waals surface area (Å²) < 4.78 is 6.28. The Kier molecular flexibility index (Phi) is 4.09. The first-order valence-corrected chi connectivity index (χ1v) is 6.62. The smallest absolute Gasteiger partial charge is 0.113 e. The number of hydrogen-bond donors (Lipinski definition) is 1. The normalized spacial score (nSPS) is 10.6. The van der Waals surface area contributed by atoms with Gasteiger partial charge in [-0.15, -0.1) is 11.8 Å². The molecule has 0 saturated heterocycles. The lowest BCUT2D eigenvalue weighted by molar-refractivity contribution is 0.279. The van der Waals surface area contributed by atoms with Gasteiger partial charge in [-0.3, -0.25) is 0 Å². The van der Waals surface area contributed by atoms with Crippen LogP contribution in [0, 0.1) is 0 Å². The molecule has 1 aromatic heterocycles. The van der Waals surface area contributed by atoms with Crippen molar-refractivity contribution in [2.75, 3.05) is 0 Å². The number of rotatable bonds is 4. The molecule has 0 aliphatic carbocycles. The van der Waals surface area contributed by atoms with Crippen molar-refractivity contribution in [1.82, 2.24) is 0 Å². The molecule has 2 nitrogen and oxygen atoms in total. The van der Waals surface area contributed by atoms with Crippen LogP contribution in [0.15, 0.2) is 50.4 Å². The molecule has 0 atom stereocenters. The zero-order valence-corrected chi connectivity index (χ0v) is 10.9. The van der Waals surface area contributed by atoms with Gasteiger partial charge in [0.05, 0.1) is 18.6 Å². The van der Waals surface area contributed by atoms with E-state index in [9.17, 15) is 5.11 Å². The van der Waals surface area contributed by atoms with E-state index in [-0.39, 0.29) is 6.61 Å². The Balaban J connectivity index is 2.11. The minimum atomic E-state index is 0.0633.